The number of amides is 3. The van der Waals surface area contributed by atoms with Crippen molar-refractivity contribution in [3.8, 4) is 11.5 Å². The van der Waals surface area contributed by atoms with Crippen LogP contribution in [0.4, 0.5) is 21.9 Å². The van der Waals surface area contributed by atoms with Crippen molar-refractivity contribution in [1.29, 1.82) is 0 Å². The van der Waals surface area contributed by atoms with Gasteiger partial charge in [-0.05, 0) is 78.5 Å². The maximum atomic E-state index is 12.7. The Morgan fingerprint density at radius 2 is 1.51 bits per heavy atom. The summed E-state index contributed by atoms with van der Waals surface area (Å²) in [5.74, 6) is 1.53. The molecule has 0 spiro atoms. The minimum atomic E-state index is -0.320. The summed E-state index contributed by atoms with van der Waals surface area (Å²) >= 11 is 1.47. The maximum Gasteiger partial charge on any atom is 0.323 e. The van der Waals surface area contributed by atoms with E-state index in [2.05, 4.69) is 15.5 Å². The van der Waals surface area contributed by atoms with Gasteiger partial charge in [-0.1, -0.05) is 24.3 Å². The number of carbonyl (C=O) groups is 2. The molecule has 1 fully saturated rings. The molecule has 0 aliphatic carbocycles. The Morgan fingerprint density at radius 3 is 2.16 bits per heavy atom. The lowest BCUT2D eigenvalue weighted by atomic mass is 10.2. The number of hydrogen-bond donors (Lipinski definition) is 2. The molecule has 1 aliphatic rings. The largest absolute Gasteiger partial charge is 0.457 e. The number of nitrogens with one attached hydrogen (secondary N) is 2. The van der Waals surface area contributed by atoms with E-state index >= 15 is 0 Å². The molecule has 3 amide bonds. The van der Waals surface area contributed by atoms with Crippen LogP contribution in [0.1, 0.15) is 16.1 Å². The zero-order valence-corrected chi connectivity index (χ0v) is 21.3. The molecular weight excluding hydrogens is 484 g/mol. The van der Waals surface area contributed by atoms with Crippen molar-refractivity contribution >= 4 is 40.3 Å². The molecular formula is C29H28N4O3S. The summed E-state index contributed by atoms with van der Waals surface area (Å²) < 4.78 is 5.78. The molecule has 3 aromatic carbocycles. The number of carbonyl (C=O) groups excluding carboxylic acids is 2. The Morgan fingerprint density at radius 1 is 0.865 bits per heavy atom. The van der Waals surface area contributed by atoms with Gasteiger partial charge in [0, 0.05) is 37.2 Å². The first-order valence-electron chi connectivity index (χ1n) is 12.1. The van der Waals surface area contributed by atoms with Crippen molar-refractivity contribution in [1.82, 2.24) is 4.90 Å². The maximum absolute atomic E-state index is 12.7. The second kappa shape index (κ2) is 11.2. The SMILES string of the molecule is CN(C(=O)c1cccs1)C1CCN(c2ccc(NC(=O)Nc3ccc(Oc4ccccc4)cc3)cc2)C1. The van der Waals surface area contributed by atoms with Crippen molar-refractivity contribution in [3.63, 3.8) is 0 Å². The van der Waals surface area contributed by atoms with Crippen LogP contribution in [-0.2, 0) is 0 Å². The summed E-state index contributed by atoms with van der Waals surface area (Å²) in [4.78, 5) is 30.0. The zero-order chi connectivity index (χ0) is 25.6. The first kappa shape index (κ1) is 24.4. The van der Waals surface area contributed by atoms with Crippen LogP contribution in [0.15, 0.2) is 96.4 Å². The Bertz CT molecular complexity index is 1330. The lowest BCUT2D eigenvalue weighted by Gasteiger charge is -2.25. The number of nitrogens with zero attached hydrogens (tertiary/aromatic N) is 2. The second-order valence-corrected chi connectivity index (χ2v) is 9.80. The molecule has 2 heterocycles. The highest BCUT2D eigenvalue weighted by molar-refractivity contribution is 7.12. The van der Waals surface area contributed by atoms with Crippen LogP contribution in [-0.4, -0.2) is 43.0 Å². The summed E-state index contributed by atoms with van der Waals surface area (Å²) in [5, 5.41) is 7.63. The standard InChI is InChI=1S/C29H28N4O3S/c1-32(28(34)27-8-5-19-37-27)24-17-18-33(20-24)23-13-9-21(10-14-23)30-29(35)31-22-11-15-26(16-12-22)36-25-6-3-2-4-7-25/h2-16,19,24H,17-18,20H2,1H3,(H2,30,31,35). The smallest absolute Gasteiger partial charge is 0.323 e. The first-order valence-corrected chi connectivity index (χ1v) is 13.0. The molecule has 1 aliphatic heterocycles. The highest BCUT2D eigenvalue weighted by Gasteiger charge is 2.29. The van der Waals surface area contributed by atoms with Gasteiger partial charge in [-0.2, -0.15) is 0 Å². The van der Waals surface area contributed by atoms with Gasteiger partial charge in [0.15, 0.2) is 0 Å². The molecule has 4 aromatic rings. The molecule has 1 unspecified atom stereocenters. The van der Waals surface area contributed by atoms with Crippen molar-refractivity contribution in [2.24, 2.45) is 0 Å². The van der Waals surface area contributed by atoms with Gasteiger partial charge in [0.1, 0.15) is 11.5 Å². The van der Waals surface area contributed by atoms with Gasteiger partial charge < -0.3 is 25.2 Å². The molecule has 2 N–H and O–H groups in total. The van der Waals surface area contributed by atoms with Crippen LogP contribution in [0.3, 0.4) is 0 Å². The highest BCUT2D eigenvalue weighted by Crippen LogP contribution is 2.26. The Labute approximate surface area is 220 Å². The summed E-state index contributed by atoms with van der Waals surface area (Å²) in [6.07, 6.45) is 0.922. The quantitative estimate of drug-likeness (QED) is 0.295. The van der Waals surface area contributed by atoms with Crippen molar-refractivity contribution < 1.29 is 14.3 Å². The van der Waals surface area contributed by atoms with Gasteiger partial charge in [0.05, 0.1) is 10.9 Å². The van der Waals surface area contributed by atoms with E-state index in [1.54, 1.807) is 12.1 Å². The average molecular weight is 513 g/mol. The molecule has 1 saturated heterocycles. The number of hydrogen-bond acceptors (Lipinski definition) is 5. The van der Waals surface area contributed by atoms with Crippen LogP contribution < -0.4 is 20.3 Å². The third-order valence-electron chi connectivity index (χ3n) is 6.34. The third kappa shape index (κ3) is 6.10. The van der Waals surface area contributed by atoms with Crippen molar-refractivity contribution in [2.75, 3.05) is 35.7 Å². The predicted octanol–water partition coefficient (Wildman–Crippen LogP) is 6.54. The Balaban J connectivity index is 1.11. The number of ether oxygens (including phenoxy) is 1. The molecule has 5 rings (SSSR count). The van der Waals surface area contributed by atoms with Gasteiger partial charge in [0.25, 0.3) is 5.91 Å². The fourth-order valence-electron chi connectivity index (χ4n) is 4.31. The molecule has 0 saturated carbocycles. The van der Waals surface area contributed by atoms with E-state index < -0.39 is 0 Å². The van der Waals surface area contributed by atoms with E-state index in [0.29, 0.717) is 17.1 Å². The van der Waals surface area contributed by atoms with Gasteiger partial charge in [-0.25, -0.2) is 4.79 Å². The van der Waals surface area contributed by atoms with Crippen molar-refractivity contribution in [3.05, 3.63) is 101 Å². The third-order valence-corrected chi connectivity index (χ3v) is 7.20. The summed E-state index contributed by atoms with van der Waals surface area (Å²) in [7, 11) is 1.88. The fraction of sp³-hybridized carbons (Fsp3) is 0.172. The summed E-state index contributed by atoms with van der Waals surface area (Å²) in [5.41, 5.74) is 2.43. The van der Waals surface area contributed by atoms with Gasteiger partial charge in [0.2, 0.25) is 0 Å². The van der Waals surface area contributed by atoms with E-state index in [4.69, 9.17) is 4.74 Å². The average Bonchev–Trinajstić information content (AvgIpc) is 3.63. The number of anilines is 3. The van der Waals surface area contributed by atoms with Crippen LogP contribution in [0.25, 0.3) is 0 Å². The number of para-hydroxylation sites is 1. The van der Waals surface area contributed by atoms with Crippen LogP contribution >= 0.6 is 11.3 Å². The normalized spacial score (nSPS) is 14.7. The fourth-order valence-corrected chi connectivity index (χ4v) is 5.02. The minimum Gasteiger partial charge on any atom is -0.457 e. The second-order valence-electron chi connectivity index (χ2n) is 8.85. The zero-order valence-electron chi connectivity index (χ0n) is 20.5. The van der Waals surface area contributed by atoms with E-state index in [0.717, 1.165) is 35.8 Å². The number of rotatable bonds is 7. The van der Waals surface area contributed by atoms with Crippen LogP contribution in [0.5, 0.6) is 11.5 Å². The topological polar surface area (TPSA) is 73.9 Å². The highest BCUT2D eigenvalue weighted by atomic mass is 32.1. The van der Waals surface area contributed by atoms with E-state index in [-0.39, 0.29) is 18.0 Å². The van der Waals surface area contributed by atoms with Gasteiger partial charge >= 0.3 is 6.03 Å². The molecule has 8 heteroatoms. The number of likely N-dealkylation sites (N-methyl/N-ethyl adjacent to an activating group) is 1. The van der Waals surface area contributed by atoms with Gasteiger partial charge in [-0.15, -0.1) is 11.3 Å². The molecule has 0 radical (unpaired) electrons. The number of urea groups is 1. The van der Waals surface area contributed by atoms with Crippen LogP contribution in [0, 0.1) is 0 Å². The first-order chi connectivity index (χ1) is 18.0. The molecule has 37 heavy (non-hydrogen) atoms. The molecule has 1 aromatic heterocycles. The molecule has 188 valence electrons. The lowest BCUT2D eigenvalue weighted by Crippen LogP contribution is -2.38. The molecule has 1 atom stereocenters. The van der Waals surface area contributed by atoms with Crippen LogP contribution in [0.2, 0.25) is 0 Å². The summed E-state index contributed by atoms with van der Waals surface area (Å²) in [6.45, 7) is 1.66. The van der Waals surface area contributed by atoms with E-state index in [9.17, 15) is 9.59 Å². The number of thiophene rings is 1. The number of benzene rings is 3. The minimum absolute atomic E-state index is 0.0748. The van der Waals surface area contributed by atoms with E-state index in [1.807, 2.05) is 96.2 Å². The van der Waals surface area contributed by atoms with E-state index in [1.165, 1.54) is 11.3 Å². The Kier molecular flexibility index (Phi) is 7.37. The summed E-state index contributed by atoms with van der Waals surface area (Å²) in [6, 6.07) is 28.1. The van der Waals surface area contributed by atoms with Crippen molar-refractivity contribution in [2.45, 2.75) is 12.5 Å². The monoisotopic (exact) mass is 512 g/mol. The lowest BCUT2D eigenvalue weighted by molar-refractivity contribution is 0.0750. The molecule has 0 bridgehead atoms. The van der Waals surface area contributed by atoms with Gasteiger partial charge in [-0.3, -0.25) is 4.79 Å². The molecule has 7 nitrogen and oxygen atoms in total. The predicted molar refractivity (Wildman–Crippen MR) is 149 cm³/mol. The Hall–Kier alpha value is -4.30.